The van der Waals surface area contributed by atoms with Gasteiger partial charge in [-0.15, -0.1) is 11.3 Å². The van der Waals surface area contributed by atoms with Gasteiger partial charge in [-0.2, -0.15) is 0 Å². The van der Waals surface area contributed by atoms with Crippen molar-refractivity contribution in [3.63, 3.8) is 0 Å². The van der Waals surface area contributed by atoms with Crippen molar-refractivity contribution in [1.82, 2.24) is 15.0 Å². The van der Waals surface area contributed by atoms with Gasteiger partial charge in [-0.25, -0.2) is 15.0 Å². The van der Waals surface area contributed by atoms with Crippen molar-refractivity contribution in [1.29, 1.82) is 0 Å². The molecule has 210 valence electrons. The summed E-state index contributed by atoms with van der Waals surface area (Å²) in [5, 5.41) is 7.27. The number of hydrogen-bond acceptors (Lipinski definition) is 4. The van der Waals surface area contributed by atoms with Crippen molar-refractivity contribution >= 4 is 53.1 Å². The maximum Gasteiger partial charge on any atom is 0.164 e. The van der Waals surface area contributed by atoms with Crippen LogP contribution in [0.4, 0.5) is 0 Å². The molecule has 7 aromatic carbocycles. The fraction of sp³-hybridized carbons (Fsp3) is 0. The molecule has 9 rings (SSSR count). The molecule has 0 aliphatic heterocycles. The highest BCUT2D eigenvalue weighted by Crippen LogP contribution is 2.39. The molecule has 0 saturated heterocycles. The second kappa shape index (κ2) is 10.5. The standard InChI is InChI=1S/C41H25N3S/c1-2-12-28(13-3-1)39-42-40(44-41(43-39)35-19-10-14-27-22-21-26-11-4-5-16-31(26)38(27)35)34-18-7-6-15-30(34)29-23-24-33-32-17-8-9-20-36(32)45-37(33)25-29/h1-25H. The first kappa shape index (κ1) is 25.8. The van der Waals surface area contributed by atoms with Gasteiger partial charge in [-0.1, -0.05) is 140 Å². The van der Waals surface area contributed by atoms with Crippen LogP contribution in [0.3, 0.4) is 0 Å². The fourth-order valence-electron chi connectivity index (χ4n) is 6.40. The van der Waals surface area contributed by atoms with Crippen LogP contribution in [0.1, 0.15) is 0 Å². The number of benzene rings is 7. The van der Waals surface area contributed by atoms with Crippen molar-refractivity contribution in [2.24, 2.45) is 0 Å². The van der Waals surface area contributed by atoms with E-state index in [9.17, 15) is 0 Å². The van der Waals surface area contributed by atoms with Crippen molar-refractivity contribution in [2.75, 3.05) is 0 Å². The first-order chi connectivity index (χ1) is 22.3. The molecular weight excluding hydrogens is 567 g/mol. The van der Waals surface area contributed by atoms with Gasteiger partial charge in [0.05, 0.1) is 0 Å². The number of aromatic nitrogens is 3. The van der Waals surface area contributed by atoms with Gasteiger partial charge in [-0.05, 0) is 39.4 Å². The van der Waals surface area contributed by atoms with Gasteiger partial charge in [0.15, 0.2) is 17.5 Å². The summed E-state index contributed by atoms with van der Waals surface area (Å²) < 4.78 is 2.57. The second-order valence-corrected chi connectivity index (χ2v) is 12.3. The molecule has 3 nitrogen and oxygen atoms in total. The molecule has 9 aromatic rings. The number of thiophene rings is 1. The Morgan fingerprint density at radius 2 is 0.978 bits per heavy atom. The third-order valence-corrected chi connectivity index (χ3v) is 9.67. The summed E-state index contributed by atoms with van der Waals surface area (Å²) in [6.45, 7) is 0. The van der Waals surface area contributed by atoms with E-state index in [0.29, 0.717) is 17.5 Å². The zero-order valence-electron chi connectivity index (χ0n) is 24.2. The molecule has 2 aromatic heterocycles. The van der Waals surface area contributed by atoms with Crippen LogP contribution in [0.2, 0.25) is 0 Å². The lowest BCUT2D eigenvalue weighted by molar-refractivity contribution is 1.08. The molecule has 0 radical (unpaired) electrons. The van der Waals surface area contributed by atoms with Crippen LogP contribution >= 0.6 is 11.3 Å². The van der Waals surface area contributed by atoms with Crippen LogP contribution in [-0.4, -0.2) is 15.0 Å². The lowest BCUT2D eigenvalue weighted by Crippen LogP contribution is -2.01. The number of fused-ring (bicyclic) bond motifs is 6. The third kappa shape index (κ3) is 4.38. The Morgan fingerprint density at radius 1 is 0.356 bits per heavy atom. The van der Waals surface area contributed by atoms with Gasteiger partial charge < -0.3 is 0 Å². The van der Waals surface area contributed by atoms with Gasteiger partial charge in [0, 0.05) is 42.2 Å². The summed E-state index contributed by atoms with van der Waals surface area (Å²) >= 11 is 1.83. The largest absolute Gasteiger partial charge is 0.208 e. The zero-order chi connectivity index (χ0) is 29.7. The number of rotatable bonds is 4. The van der Waals surface area contributed by atoms with E-state index < -0.39 is 0 Å². The Morgan fingerprint density at radius 3 is 1.87 bits per heavy atom. The Hall–Kier alpha value is -5.71. The molecular formula is C41H25N3S. The Kier molecular flexibility index (Phi) is 6.00. The first-order valence-corrected chi connectivity index (χ1v) is 15.9. The zero-order valence-corrected chi connectivity index (χ0v) is 25.0. The van der Waals surface area contributed by atoms with Gasteiger partial charge in [0.25, 0.3) is 0 Å². The predicted molar refractivity (Wildman–Crippen MR) is 189 cm³/mol. The molecule has 0 aliphatic carbocycles. The Labute approximate surface area is 264 Å². The second-order valence-electron chi connectivity index (χ2n) is 11.2. The average Bonchev–Trinajstić information content (AvgIpc) is 3.49. The van der Waals surface area contributed by atoms with E-state index in [4.69, 9.17) is 15.0 Å². The monoisotopic (exact) mass is 591 g/mol. The number of nitrogens with zero attached hydrogens (tertiary/aromatic N) is 3. The van der Waals surface area contributed by atoms with Gasteiger partial charge in [-0.3, -0.25) is 0 Å². The summed E-state index contributed by atoms with van der Waals surface area (Å²) in [5.74, 6) is 1.97. The summed E-state index contributed by atoms with van der Waals surface area (Å²) in [4.78, 5) is 15.4. The van der Waals surface area contributed by atoms with E-state index in [1.165, 1.54) is 30.9 Å². The highest BCUT2D eigenvalue weighted by atomic mass is 32.1. The molecule has 0 N–H and O–H groups in total. The number of hydrogen-bond donors (Lipinski definition) is 0. The van der Waals surface area contributed by atoms with Crippen LogP contribution in [0.15, 0.2) is 152 Å². The molecule has 0 amide bonds. The van der Waals surface area contributed by atoms with Gasteiger partial charge in [0.1, 0.15) is 0 Å². The highest BCUT2D eigenvalue weighted by Gasteiger charge is 2.18. The van der Waals surface area contributed by atoms with Crippen LogP contribution in [0.5, 0.6) is 0 Å². The maximum atomic E-state index is 5.22. The maximum absolute atomic E-state index is 5.22. The van der Waals surface area contributed by atoms with E-state index in [-0.39, 0.29) is 0 Å². The van der Waals surface area contributed by atoms with Crippen LogP contribution in [0, 0.1) is 0 Å². The Bertz CT molecular complexity index is 2550. The summed E-state index contributed by atoms with van der Waals surface area (Å²) in [6, 6.07) is 53.3. The predicted octanol–water partition coefficient (Wildman–Crippen LogP) is 11.2. The molecule has 0 spiro atoms. The minimum Gasteiger partial charge on any atom is -0.208 e. The van der Waals surface area contributed by atoms with Gasteiger partial charge >= 0.3 is 0 Å². The van der Waals surface area contributed by atoms with Crippen molar-refractivity contribution in [3.8, 4) is 45.3 Å². The van der Waals surface area contributed by atoms with E-state index in [1.54, 1.807) is 0 Å². The molecule has 4 heteroatoms. The molecule has 0 bridgehead atoms. The SMILES string of the molecule is c1ccc(-c2nc(-c3ccccc3-c3ccc4c(c3)sc3ccccc34)nc(-c3cccc4ccc5ccccc5c34)n2)cc1. The Balaban J connectivity index is 1.29. The van der Waals surface area contributed by atoms with Crippen molar-refractivity contribution < 1.29 is 0 Å². The smallest absolute Gasteiger partial charge is 0.164 e. The molecule has 0 unspecified atom stereocenters. The van der Waals surface area contributed by atoms with E-state index in [1.807, 2.05) is 29.5 Å². The normalized spacial score (nSPS) is 11.6. The van der Waals surface area contributed by atoms with Crippen LogP contribution < -0.4 is 0 Å². The van der Waals surface area contributed by atoms with E-state index in [0.717, 1.165) is 38.6 Å². The third-order valence-electron chi connectivity index (χ3n) is 8.54. The van der Waals surface area contributed by atoms with Crippen molar-refractivity contribution in [3.05, 3.63) is 152 Å². The van der Waals surface area contributed by atoms with E-state index >= 15 is 0 Å². The fourth-order valence-corrected chi connectivity index (χ4v) is 7.55. The summed E-state index contributed by atoms with van der Waals surface area (Å²) in [5.41, 5.74) is 5.16. The lowest BCUT2D eigenvalue weighted by atomic mass is 9.96. The topological polar surface area (TPSA) is 38.7 Å². The average molecular weight is 592 g/mol. The van der Waals surface area contributed by atoms with Crippen LogP contribution in [0.25, 0.3) is 87.0 Å². The molecule has 45 heavy (non-hydrogen) atoms. The summed E-state index contributed by atoms with van der Waals surface area (Å²) in [7, 11) is 0. The lowest BCUT2D eigenvalue weighted by Gasteiger charge is -2.14. The summed E-state index contributed by atoms with van der Waals surface area (Å²) in [6.07, 6.45) is 0. The van der Waals surface area contributed by atoms with E-state index in [2.05, 4.69) is 133 Å². The molecule has 0 atom stereocenters. The first-order valence-electron chi connectivity index (χ1n) is 15.0. The quantitative estimate of drug-likeness (QED) is 0.191. The van der Waals surface area contributed by atoms with Crippen LogP contribution in [-0.2, 0) is 0 Å². The van der Waals surface area contributed by atoms with Crippen molar-refractivity contribution in [2.45, 2.75) is 0 Å². The molecule has 0 saturated carbocycles. The molecule has 2 heterocycles. The molecule has 0 fully saturated rings. The highest BCUT2D eigenvalue weighted by molar-refractivity contribution is 7.25. The molecule has 0 aliphatic rings. The minimum atomic E-state index is 0.655. The minimum absolute atomic E-state index is 0.655. The van der Waals surface area contributed by atoms with Gasteiger partial charge in [0.2, 0.25) is 0 Å².